The van der Waals surface area contributed by atoms with Crippen LogP contribution in [0.2, 0.25) is 0 Å². The summed E-state index contributed by atoms with van der Waals surface area (Å²) in [6.07, 6.45) is -4.42. The van der Waals surface area contributed by atoms with Gasteiger partial charge >= 0.3 is 6.18 Å². The number of aromatic nitrogens is 2. The first-order chi connectivity index (χ1) is 14.4. The van der Waals surface area contributed by atoms with Crippen LogP contribution in [0.1, 0.15) is 11.1 Å². The van der Waals surface area contributed by atoms with E-state index in [4.69, 9.17) is 0 Å². The van der Waals surface area contributed by atoms with Gasteiger partial charge in [0.1, 0.15) is 11.4 Å². The third-order valence-corrected chi connectivity index (χ3v) is 5.96. The molecule has 0 saturated heterocycles. The van der Waals surface area contributed by atoms with Gasteiger partial charge in [-0.3, -0.25) is 0 Å². The first-order valence-electron chi connectivity index (χ1n) is 9.32. The Kier molecular flexibility index (Phi) is 4.33. The zero-order valence-corrected chi connectivity index (χ0v) is 16.7. The third kappa shape index (κ3) is 3.23. The summed E-state index contributed by atoms with van der Waals surface area (Å²) >= 11 is 1.55. The molecule has 0 fully saturated rings. The van der Waals surface area contributed by atoms with Crippen LogP contribution in [0.5, 0.6) is 0 Å². The number of benzene rings is 3. The highest BCUT2D eigenvalue weighted by Gasteiger charge is 2.31. The molecule has 0 radical (unpaired) electrons. The second-order valence-electron chi connectivity index (χ2n) is 7.20. The van der Waals surface area contributed by atoms with E-state index < -0.39 is 11.7 Å². The second-order valence-corrected chi connectivity index (χ2v) is 8.15. The summed E-state index contributed by atoms with van der Waals surface area (Å²) in [4.78, 5) is 0.967. The highest BCUT2D eigenvalue weighted by atomic mass is 32.1. The number of hydrogen-bond acceptors (Lipinski definition) is 3. The van der Waals surface area contributed by atoms with Crippen molar-refractivity contribution in [1.82, 2.24) is 10.2 Å². The Bertz CT molecular complexity index is 1390. The minimum Gasteiger partial charge on any atom is -0.166 e. The lowest BCUT2D eigenvalue weighted by molar-refractivity contribution is -0.137. The summed E-state index contributed by atoms with van der Waals surface area (Å²) in [7, 11) is 0. The number of fused-ring (bicyclic) bond motifs is 2. The van der Waals surface area contributed by atoms with E-state index in [9.17, 15) is 13.2 Å². The van der Waals surface area contributed by atoms with Crippen LogP contribution in [0, 0.1) is 6.92 Å². The van der Waals surface area contributed by atoms with Crippen molar-refractivity contribution in [2.75, 3.05) is 0 Å². The van der Waals surface area contributed by atoms with Crippen LogP contribution in [0.3, 0.4) is 0 Å². The molecule has 2 nitrogen and oxygen atoms in total. The Morgan fingerprint density at radius 1 is 0.767 bits per heavy atom. The maximum Gasteiger partial charge on any atom is 0.416 e. The van der Waals surface area contributed by atoms with E-state index in [1.165, 1.54) is 0 Å². The zero-order valence-electron chi connectivity index (χ0n) is 15.9. The van der Waals surface area contributed by atoms with Gasteiger partial charge in [-0.25, -0.2) is 0 Å². The molecule has 0 N–H and O–H groups in total. The van der Waals surface area contributed by atoms with Gasteiger partial charge in [-0.1, -0.05) is 30.3 Å². The van der Waals surface area contributed by atoms with Crippen LogP contribution in [-0.4, -0.2) is 10.2 Å². The summed E-state index contributed by atoms with van der Waals surface area (Å²) in [6.45, 7) is 1.66. The lowest BCUT2D eigenvalue weighted by atomic mass is 9.97. The Morgan fingerprint density at radius 2 is 1.43 bits per heavy atom. The average Bonchev–Trinajstić information content (AvgIpc) is 3.25. The molecule has 5 aromatic rings. The maximum absolute atomic E-state index is 13.4. The highest BCUT2D eigenvalue weighted by molar-refractivity contribution is 7.13. The van der Waals surface area contributed by atoms with E-state index in [-0.39, 0.29) is 0 Å². The molecule has 5 rings (SSSR count). The van der Waals surface area contributed by atoms with Gasteiger partial charge in [0.05, 0.1) is 10.4 Å². The summed E-state index contributed by atoms with van der Waals surface area (Å²) in [6, 6.07) is 19.9. The van der Waals surface area contributed by atoms with Crippen LogP contribution in [0.15, 0.2) is 72.1 Å². The SMILES string of the molecule is Cc1cc(-c2nnc(-c3cccs3)c3cc4ccccc4cc23)cc(C(F)(F)F)c1. The summed E-state index contributed by atoms with van der Waals surface area (Å²) < 4.78 is 40.2. The molecule has 0 aliphatic heterocycles. The first kappa shape index (κ1) is 18.8. The number of thiophene rings is 1. The molecule has 2 heterocycles. The van der Waals surface area contributed by atoms with E-state index in [2.05, 4.69) is 10.2 Å². The van der Waals surface area contributed by atoms with Gasteiger partial charge in [0, 0.05) is 16.3 Å². The molecule has 2 aromatic heterocycles. The molecular formula is C24H15F3N2S. The Labute approximate surface area is 174 Å². The maximum atomic E-state index is 13.4. The van der Waals surface area contributed by atoms with Crippen molar-refractivity contribution in [1.29, 1.82) is 0 Å². The number of nitrogens with zero attached hydrogens (tertiary/aromatic N) is 2. The van der Waals surface area contributed by atoms with Crippen molar-refractivity contribution in [3.8, 4) is 21.8 Å². The van der Waals surface area contributed by atoms with Gasteiger partial charge in [0.2, 0.25) is 0 Å². The van der Waals surface area contributed by atoms with E-state index in [0.29, 0.717) is 16.8 Å². The molecule has 0 saturated carbocycles. The van der Waals surface area contributed by atoms with Crippen molar-refractivity contribution >= 4 is 32.9 Å². The van der Waals surface area contributed by atoms with Crippen LogP contribution < -0.4 is 0 Å². The normalized spacial score (nSPS) is 12.0. The number of aryl methyl sites for hydroxylation is 1. The van der Waals surface area contributed by atoms with Gasteiger partial charge in [0.15, 0.2) is 0 Å². The van der Waals surface area contributed by atoms with Gasteiger partial charge in [0.25, 0.3) is 0 Å². The van der Waals surface area contributed by atoms with Crippen LogP contribution in [0.4, 0.5) is 13.2 Å². The molecule has 0 unspecified atom stereocenters. The average molecular weight is 420 g/mol. The topological polar surface area (TPSA) is 25.8 Å². The smallest absolute Gasteiger partial charge is 0.166 e. The lowest BCUT2D eigenvalue weighted by Gasteiger charge is -2.13. The summed E-state index contributed by atoms with van der Waals surface area (Å²) in [5, 5.41) is 14.5. The van der Waals surface area contributed by atoms with E-state index in [1.807, 2.05) is 53.9 Å². The van der Waals surface area contributed by atoms with E-state index in [0.717, 1.165) is 44.2 Å². The van der Waals surface area contributed by atoms with Crippen molar-refractivity contribution in [2.24, 2.45) is 0 Å². The largest absolute Gasteiger partial charge is 0.416 e. The quantitative estimate of drug-likeness (QED) is 0.276. The fourth-order valence-corrected chi connectivity index (χ4v) is 4.46. The fraction of sp³-hybridized carbons (Fsp3) is 0.0833. The van der Waals surface area contributed by atoms with Crippen molar-refractivity contribution in [3.63, 3.8) is 0 Å². The molecule has 148 valence electrons. The molecule has 6 heteroatoms. The lowest BCUT2D eigenvalue weighted by Crippen LogP contribution is -2.06. The number of hydrogen-bond donors (Lipinski definition) is 0. The minimum atomic E-state index is -4.42. The molecule has 0 aliphatic rings. The predicted molar refractivity (Wildman–Crippen MR) is 116 cm³/mol. The van der Waals surface area contributed by atoms with E-state index in [1.54, 1.807) is 24.3 Å². The molecule has 30 heavy (non-hydrogen) atoms. The highest BCUT2D eigenvalue weighted by Crippen LogP contribution is 2.38. The molecule has 0 bridgehead atoms. The third-order valence-electron chi connectivity index (χ3n) is 5.08. The van der Waals surface area contributed by atoms with Crippen molar-refractivity contribution in [2.45, 2.75) is 13.1 Å². The molecular weight excluding hydrogens is 405 g/mol. The molecule has 0 aliphatic carbocycles. The van der Waals surface area contributed by atoms with Crippen LogP contribution in [0.25, 0.3) is 43.4 Å². The number of alkyl halides is 3. The fourth-order valence-electron chi connectivity index (χ4n) is 3.73. The monoisotopic (exact) mass is 420 g/mol. The van der Waals surface area contributed by atoms with E-state index >= 15 is 0 Å². The molecule has 0 atom stereocenters. The van der Waals surface area contributed by atoms with Gasteiger partial charge in [-0.05, 0) is 65.0 Å². The van der Waals surface area contributed by atoms with Crippen molar-refractivity contribution in [3.05, 3.63) is 83.2 Å². The standard InChI is InChI=1S/C24H15F3N2S/c1-14-9-17(11-18(10-14)24(25,26)27)22-19-12-15-5-2-3-6-16(15)13-20(19)23(29-28-22)21-7-4-8-30-21/h2-13H,1H3. The molecule has 3 aromatic carbocycles. The van der Waals surface area contributed by atoms with Gasteiger partial charge < -0.3 is 0 Å². The zero-order chi connectivity index (χ0) is 20.9. The Hall–Kier alpha value is -3.25. The predicted octanol–water partition coefficient (Wildman–Crippen LogP) is 7.51. The molecule has 0 spiro atoms. The van der Waals surface area contributed by atoms with Crippen LogP contribution in [-0.2, 0) is 6.18 Å². The van der Waals surface area contributed by atoms with Gasteiger partial charge in [-0.2, -0.15) is 13.2 Å². The minimum absolute atomic E-state index is 0.410. The number of rotatable bonds is 2. The van der Waals surface area contributed by atoms with Gasteiger partial charge in [-0.15, -0.1) is 21.5 Å². The second kappa shape index (κ2) is 6.92. The summed E-state index contributed by atoms with van der Waals surface area (Å²) in [5.74, 6) is 0. The van der Waals surface area contributed by atoms with Crippen molar-refractivity contribution < 1.29 is 13.2 Å². The Morgan fingerprint density at radius 3 is 2.07 bits per heavy atom. The molecule has 0 amide bonds. The Balaban J connectivity index is 1.85. The summed E-state index contributed by atoms with van der Waals surface area (Å²) in [5.41, 5.74) is 1.43. The number of halogens is 3. The first-order valence-corrected chi connectivity index (χ1v) is 10.2. The van der Waals surface area contributed by atoms with Crippen LogP contribution >= 0.6 is 11.3 Å².